The lowest BCUT2D eigenvalue weighted by molar-refractivity contribution is -0.131. The van der Waals surface area contributed by atoms with Gasteiger partial charge in [-0.25, -0.2) is 13.6 Å². The fraction of sp³-hybridized carbons (Fsp3) is 0.100. The first kappa shape index (κ1) is 10.4. The summed E-state index contributed by atoms with van der Waals surface area (Å²) >= 11 is 0. The third kappa shape index (κ3) is 2.39. The van der Waals surface area contributed by atoms with Crippen LogP contribution in [0.5, 0.6) is 0 Å². The Morgan fingerprint density at radius 2 is 1.86 bits per heavy atom. The van der Waals surface area contributed by atoms with Crippen LogP contribution < -0.4 is 0 Å². The first-order chi connectivity index (χ1) is 6.50. The van der Waals surface area contributed by atoms with Gasteiger partial charge in [0.25, 0.3) is 0 Å². The number of rotatable bonds is 2. The van der Waals surface area contributed by atoms with Gasteiger partial charge in [-0.3, -0.25) is 0 Å². The summed E-state index contributed by atoms with van der Waals surface area (Å²) in [5.74, 6) is -2.53. The van der Waals surface area contributed by atoms with Crippen molar-refractivity contribution in [1.82, 2.24) is 0 Å². The first-order valence-corrected chi connectivity index (χ1v) is 3.87. The molecule has 0 saturated carbocycles. The van der Waals surface area contributed by atoms with Crippen molar-refractivity contribution in [2.45, 2.75) is 6.92 Å². The second kappa shape index (κ2) is 4.00. The molecular formula is C10H8F2O2. The molecule has 0 fully saturated rings. The Labute approximate surface area is 79.5 Å². The van der Waals surface area contributed by atoms with Crippen molar-refractivity contribution >= 4 is 12.0 Å². The van der Waals surface area contributed by atoms with Crippen LogP contribution in [0.4, 0.5) is 8.78 Å². The summed E-state index contributed by atoms with van der Waals surface area (Å²) in [6.45, 7) is 1.31. The number of hydrogen-bond donors (Lipinski definition) is 1. The predicted molar refractivity (Wildman–Crippen MR) is 47.8 cm³/mol. The monoisotopic (exact) mass is 198 g/mol. The van der Waals surface area contributed by atoms with Gasteiger partial charge in [0.1, 0.15) is 11.6 Å². The van der Waals surface area contributed by atoms with E-state index in [0.29, 0.717) is 0 Å². The summed E-state index contributed by atoms with van der Waals surface area (Å²) < 4.78 is 25.9. The molecule has 1 N–H and O–H groups in total. The molecule has 1 rings (SSSR count). The van der Waals surface area contributed by atoms with Gasteiger partial charge in [-0.15, -0.1) is 0 Å². The molecule has 0 aliphatic heterocycles. The van der Waals surface area contributed by atoms with Crippen molar-refractivity contribution in [2.24, 2.45) is 0 Å². The molecule has 0 aliphatic rings. The molecule has 0 amide bonds. The zero-order chi connectivity index (χ0) is 10.7. The van der Waals surface area contributed by atoms with Gasteiger partial charge in [-0.05, 0) is 30.7 Å². The Morgan fingerprint density at radius 3 is 2.29 bits per heavy atom. The van der Waals surface area contributed by atoms with Crippen molar-refractivity contribution in [3.63, 3.8) is 0 Å². The van der Waals surface area contributed by atoms with Crippen LogP contribution in [0, 0.1) is 18.6 Å². The molecule has 2 nitrogen and oxygen atoms in total. The lowest BCUT2D eigenvalue weighted by atomic mass is 10.1. The van der Waals surface area contributed by atoms with Crippen LogP contribution in [0.1, 0.15) is 11.1 Å². The number of carboxylic acids is 1. The second-order valence-corrected chi connectivity index (χ2v) is 2.78. The molecule has 0 radical (unpaired) electrons. The van der Waals surface area contributed by atoms with Crippen LogP contribution in [-0.4, -0.2) is 11.1 Å². The maximum atomic E-state index is 12.9. The van der Waals surface area contributed by atoms with E-state index in [0.717, 1.165) is 24.3 Å². The summed E-state index contributed by atoms with van der Waals surface area (Å²) in [6.07, 6.45) is 1.96. The highest BCUT2D eigenvalue weighted by atomic mass is 19.1. The van der Waals surface area contributed by atoms with E-state index in [1.54, 1.807) is 0 Å². The summed E-state index contributed by atoms with van der Waals surface area (Å²) in [5.41, 5.74) is 0.116. The van der Waals surface area contributed by atoms with Gasteiger partial charge in [0.05, 0.1) is 0 Å². The van der Waals surface area contributed by atoms with Crippen molar-refractivity contribution in [3.8, 4) is 0 Å². The maximum absolute atomic E-state index is 12.9. The Morgan fingerprint density at radius 1 is 1.36 bits per heavy atom. The SMILES string of the molecule is Cc1c(F)cc(/C=C/C(=O)O)cc1F. The van der Waals surface area contributed by atoms with Crippen LogP contribution >= 0.6 is 0 Å². The number of carboxylic acid groups (broad SMARTS) is 1. The molecule has 0 aromatic heterocycles. The molecule has 74 valence electrons. The summed E-state index contributed by atoms with van der Waals surface area (Å²) in [6, 6.07) is 2.16. The number of aliphatic carboxylic acids is 1. The smallest absolute Gasteiger partial charge is 0.328 e. The quantitative estimate of drug-likeness (QED) is 0.740. The zero-order valence-corrected chi connectivity index (χ0v) is 7.42. The Kier molecular flexibility index (Phi) is 2.96. The highest BCUT2D eigenvalue weighted by Crippen LogP contribution is 2.15. The van der Waals surface area contributed by atoms with Gasteiger partial charge in [-0.1, -0.05) is 0 Å². The predicted octanol–water partition coefficient (Wildman–Crippen LogP) is 2.37. The van der Waals surface area contributed by atoms with Gasteiger partial charge in [0, 0.05) is 11.6 Å². The average molecular weight is 198 g/mol. The van der Waals surface area contributed by atoms with E-state index in [1.807, 2.05) is 0 Å². The van der Waals surface area contributed by atoms with E-state index < -0.39 is 17.6 Å². The highest BCUT2D eigenvalue weighted by molar-refractivity contribution is 5.85. The molecule has 0 heterocycles. The van der Waals surface area contributed by atoms with E-state index in [1.165, 1.54) is 6.92 Å². The summed E-state index contributed by atoms with van der Waals surface area (Å²) in [7, 11) is 0. The number of benzene rings is 1. The van der Waals surface area contributed by atoms with Crippen LogP contribution in [0.2, 0.25) is 0 Å². The molecule has 0 unspecified atom stereocenters. The van der Waals surface area contributed by atoms with Gasteiger partial charge < -0.3 is 5.11 Å². The van der Waals surface area contributed by atoms with Gasteiger partial charge in [0.2, 0.25) is 0 Å². The van der Waals surface area contributed by atoms with Crippen molar-refractivity contribution in [3.05, 3.63) is 41.0 Å². The number of carbonyl (C=O) groups is 1. The molecule has 0 saturated heterocycles. The van der Waals surface area contributed by atoms with Crippen LogP contribution in [0.25, 0.3) is 6.08 Å². The van der Waals surface area contributed by atoms with Gasteiger partial charge >= 0.3 is 5.97 Å². The maximum Gasteiger partial charge on any atom is 0.328 e. The van der Waals surface area contributed by atoms with Crippen LogP contribution in [-0.2, 0) is 4.79 Å². The lowest BCUT2D eigenvalue weighted by Crippen LogP contribution is -1.91. The van der Waals surface area contributed by atoms with E-state index >= 15 is 0 Å². The fourth-order valence-electron chi connectivity index (χ4n) is 0.929. The molecule has 0 atom stereocenters. The van der Waals surface area contributed by atoms with E-state index in [2.05, 4.69) is 0 Å². The van der Waals surface area contributed by atoms with E-state index in [-0.39, 0.29) is 11.1 Å². The third-order valence-electron chi connectivity index (χ3n) is 1.72. The van der Waals surface area contributed by atoms with E-state index in [4.69, 9.17) is 5.11 Å². The lowest BCUT2D eigenvalue weighted by Gasteiger charge is -1.99. The second-order valence-electron chi connectivity index (χ2n) is 2.78. The standard InChI is InChI=1S/C10H8F2O2/c1-6-8(11)4-7(5-9(6)12)2-3-10(13)14/h2-5H,1H3,(H,13,14)/b3-2+. The minimum atomic E-state index is -1.16. The van der Waals surface area contributed by atoms with Crippen LogP contribution in [0.3, 0.4) is 0 Å². The highest BCUT2D eigenvalue weighted by Gasteiger charge is 2.04. The largest absolute Gasteiger partial charge is 0.478 e. The molecule has 0 aliphatic carbocycles. The van der Waals surface area contributed by atoms with Gasteiger partial charge in [0.15, 0.2) is 0 Å². The molecule has 4 heteroatoms. The zero-order valence-electron chi connectivity index (χ0n) is 7.42. The first-order valence-electron chi connectivity index (χ1n) is 3.87. The van der Waals surface area contributed by atoms with Crippen LogP contribution in [0.15, 0.2) is 18.2 Å². The molecule has 0 spiro atoms. The minimum absolute atomic E-state index is 0.0718. The molecule has 1 aromatic rings. The topological polar surface area (TPSA) is 37.3 Å². The molecular weight excluding hydrogens is 190 g/mol. The van der Waals surface area contributed by atoms with Crippen molar-refractivity contribution < 1.29 is 18.7 Å². The Bertz CT molecular complexity index is 374. The third-order valence-corrected chi connectivity index (χ3v) is 1.72. The van der Waals surface area contributed by atoms with E-state index in [9.17, 15) is 13.6 Å². The minimum Gasteiger partial charge on any atom is -0.478 e. The molecule has 14 heavy (non-hydrogen) atoms. The fourth-order valence-corrected chi connectivity index (χ4v) is 0.929. The normalized spacial score (nSPS) is 10.8. The Hall–Kier alpha value is -1.71. The Balaban J connectivity index is 3.07. The molecule has 0 bridgehead atoms. The summed E-state index contributed by atoms with van der Waals surface area (Å²) in [4.78, 5) is 10.1. The number of halogens is 2. The molecule has 1 aromatic carbocycles. The van der Waals surface area contributed by atoms with Crippen molar-refractivity contribution in [1.29, 1.82) is 0 Å². The average Bonchev–Trinajstić information content (AvgIpc) is 2.10. The summed E-state index contributed by atoms with van der Waals surface area (Å²) in [5, 5.41) is 8.29. The number of hydrogen-bond acceptors (Lipinski definition) is 1. The van der Waals surface area contributed by atoms with Gasteiger partial charge in [-0.2, -0.15) is 0 Å². The van der Waals surface area contributed by atoms with Crippen molar-refractivity contribution in [2.75, 3.05) is 0 Å².